The number of hydrogen-bond acceptors (Lipinski definition) is 3. The van der Waals surface area contributed by atoms with Gasteiger partial charge in [0.2, 0.25) is 0 Å². The van der Waals surface area contributed by atoms with E-state index in [-0.39, 0.29) is 0 Å². The van der Waals surface area contributed by atoms with Crippen molar-refractivity contribution in [3.8, 4) is 0 Å². The Morgan fingerprint density at radius 3 is 2.86 bits per heavy atom. The number of nitrogens with zero attached hydrogens (tertiary/aromatic N) is 1. The molecule has 0 aromatic rings. The van der Waals surface area contributed by atoms with Gasteiger partial charge in [0.25, 0.3) is 0 Å². The van der Waals surface area contributed by atoms with E-state index in [9.17, 15) is 0 Å². The first-order valence-electron chi connectivity index (χ1n) is 1.97. The Labute approximate surface area is 41.9 Å². The maximum Gasteiger partial charge on any atom is 0.165 e. The Morgan fingerprint density at radius 2 is 2.57 bits per heavy atom. The predicted molar refractivity (Wildman–Crippen MR) is 28.2 cm³/mol. The second-order valence-corrected chi connectivity index (χ2v) is 1.19. The maximum atomic E-state index is 5.24. The van der Waals surface area contributed by atoms with Crippen LogP contribution in [0.1, 0.15) is 0 Å². The van der Waals surface area contributed by atoms with E-state index in [4.69, 9.17) is 5.73 Å². The number of nitrogens with one attached hydrogen (secondary N) is 1. The average molecular weight is 96.1 g/mol. The monoisotopic (exact) mass is 96.1 g/mol. The molecule has 3 N–H and O–H groups in total. The standard InChI is InChI=1S/C4H6N3/c5-4-3-6-1-2-7-4/h1-3,7H,5H2. The first kappa shape index (κ1) is 4.33. The van der Waals surface area contributed by atoms with Crippen LogP contribution in [0.2, 0.25) is 0 Å². The summed E-state index contributed by atoms with van der Waals surface area (Å²) in [6.07, 6.45) is 5.45. The highest BCUT2D eigenvalue weighted by Gasteiger charge is 1.94. The lowest BCUT2D eigenvalue weighted by molar-refractivity contribution is 0.931. The van der Waals surface area contributed by atoms with Gasteiger partial charge in [-0.15, -0.1) is 0 Å². The molecule has 0 aromatic carbocycles. The Kier molecular flexibility index (Phi) is 1.08. The Hall–Kier alpha value is -0.830. The summed E-state index contributed by atoms with van der Waals surface area (Å²) >= 11 is 0. The van der Waals surface area contributed by atoms with Gasteiger partial charge in [-0.1, -0.05) is 0 Å². The van der Waals surface area contributed by atoms with Gasteiger partial charge in [-0.25, -0.2) is 0 Å². The van der Waals surface area contributed by atoms with Crippen LogP contribution in [0, 0.1) is 6.17 Å². The molecule has 0 spiro atoms. The fraction of sp³-hybridized carbons (Fsp3) is 0. The molecule has 1 aliphatic heterocycles. The molecule has 0 bridgehead atoms. The van der Waals surface area contributed by atoms with E-state index in [1.807, 2.05) is 0 Å². The van der Waals surface area contributed by atoms with Crippen LogP contribution in [-0.4, -0.2) is 6.21 Å². The number of aliphatic imine (C=N–C) groups is 1. The molecule has 0 saturated heterocycles. The first-order chi connectivity index (χ1) is 3.39. The summed E-state index contributed by atoms with van der Waals surface area (Å²) in [5.41, 5.74) is 5.24. The number of hydrogen-bond donors (Lipinski definition) is 2. The van der Waals surface area contributed by atoms with Crippen LogP contribution in [0.3, 0.4) is 0 Å². The minimum atomic E-state index is 0.586. The van der Waals surface area contributed by atoms with Crippen molar-refractivity contribution in [1.82, 2.24) is 5.32 Å². The molecule has 37 valence electrons. The van der Waals surface area contributed by atoms with Gasteiger partial charge in [0.1, 0.15) is 0 Å². The van der Waals surface area contributed by atoms with Gasteiger partial charge in [0, 0.05) is 18.6 Å². The van der Waals surface area contributed by atoms with Crippen LogP contribution < -0.4 is 11.1 Å². The molecule has 1 aliphatic rings. The largest absolute Gasteiger partial charge is 0.364 e. The van der Waals surface area contributed by atoms with E-state index in [1.54, 1.807) is 18.6 Å². The van der Waals surface area contributed by atoms with Crippen molar-refractivity contribution in [3.05, 3.63) is 18.6 Å². The fourth-order valence-electron chi connectivity index (χ4n) is 0.337. The SMILES string of the molecule is N[C]1C=NC=CN1. The molecule has 3 nitrogen and oxygen atoms in total. The van der Waals surface area contributed by atoms with Gasteiger partial charge < -0.3 is 11.1 Å². The van der Waals surface area contributed by atoms with Gasteiger partial charge >= 0.3 is 0 Å². The van der Waals surface area contributed by atoms with E-state index >= 15 is 0 Å². The maximum absolute atomic E-state index is 5.24. The first-order valence-corrected chi connectivity index (χ1v) is 1.97. The molecule has 0 aliphatic carbocycles. The number of rotatable bonds is 0. The molecule has 0 saturated carbocycles. The van der Waals surface area contributed by atoms with Gasteiger partial charge in [-0.05, 0) is 0 Å². The molecule has 1 heterocycles. The molecule has 3 heteroatoms. The molecular weight excluding hydrogens is 90.1 g/mol. The highest BCUT2D eigenvalue weighted by Crippen LogP contribution is 1.84. The molecule has 0 atom stereocenters. The lowest BCUT2D eigenvalue weighted by Crippen LogP contribution is -2.26. The highest BCUT2D eigenvalue weighted by atomic mass is 15.0. The third kappa shape index (κ3) is 1.01. The highest BCUT2D eigenvalue weighted by molar-refractivity contribution is 5.74. The van der Waals surface area contributed by atoms with Gasteiger partial charge in [-0.2, -0.15) is 0 Å². The van der Waals surface area contributed by atoms with Gasteiger partial charge in [0.05, 0.1) is 0 Å². The van der Waals surface area contributed by atoms with Crippen LogP contribution in [-0.2, 0) is 0 Å². The zero-order valence-corrected chi connectivity index (χ0v) is 3.76. The third-order valence-electron chi connectivity index (χ3n) is 0.624. The molecule has 1 radical (unpaired) electrons. The van der Waals surface area contributed by atoms with Crippen molar-refractivity contribution >= 4 is 6.21 Å². The van der Waals surface area contributed by atoms with Crippen molar-refractivity contribution in [1.29, 1.82) is 0 Å². The number of nitrogens with two attached hydrogens (primary N) is 1. The molecule has 0 amide bonds. The molecule has 0 unspecified atom stereocenters. The van der Waals surface area contributed by atoms with Crippen molar-refractivity contribution in [2.45, 2.75) is 0 Å². The molecule has 1 rings (SSSR count). The Morgan fingerprint density at radius 1 is 1.71 bits per heavy atom. The van der Waals surface area contributed by atoms with Crippen LogP contribution in [0.5, 0.6) is 0 Å². The summed E-state index contributed by atoms with van der Waals surface area (Å²) in [7, 11) is 0. The van der Waals surface area contributed by atoms with E-state index < -0.39 is 0 Å². The quantitative estimate of drug-likeness (QED) is 0.430. The van der Waals surface area contributed by atoms with E-state index in [1.165, 1.54) is 0 Å². The smallest absolute Gasteiger partial charge is 0.165 e. The lowest BCUT2D eigenvalue weighted by Gasteiger charge is -2.04. The zero-order valence-electron chi connectivity index (χ0n) is 3.76. The van der Waals surface area contributed by atoms with Gasteiger partial charge in [-0.3, -0.25) is 4.99 Å². The second-order valence-electron chi connectivity index (χ2n) is 1.19. The van der Waals surface area contributed by atoms with E-state index in [2.05, 4.69) is 10.3 Å². The summed E-state index contributed by atoms with van der Waals surface area (Å²) < 4.78 is 0. The van der Waals surface area contributed by atoms with Crippen molar-refractivity contribution in [2.24, 2.45) is 10.7 Å². The van der Waals surface area contributed by atoms with Crippen LogP contribution in [0.4, 0.5) is 0 Å². The molecule has 7 heavy (non-hydrogen) atoms. The van der Waals surface area contributed by atoms with Crippen LogP contribution in [0.15, 0.2) is 17.4 Å². The summed E-state index contributed by atoms with van der Waals surface area (Å²) in [6.45, 7) is 0. The third-order valence-corrected chi connectivity index (χ3v) is 0.624. The topological polar surface area (TPSA) is 50.4 Å². The minimum Gasteiger partial charge on any atom is -0.364 e. The van der Waals surface area contributed by atoms with Crippen molar-refractivity contribution in [2.75, 3.05) is 0 Å². The van der Waals surface area contributed by atoms with Crippen molar-refractivity contribution < 1.29 is 0 Å². The summed E-state index contributed by atoms with van der Waals surface area (Å²) in [6, 6.07) is 0. The lowest BCUT2D eigenvalue weighted by atomic mass is 10.5. The summed E-state index contributed by atoms with van der Waals surface area (Å²) in [5.74, 6) is 0. The van der Waals surface area contributed by atoms with Gasteiger partial charge in [0.15, 0.2) is 6.17 Å². The second kappa shape index (κ2) is 1.75. The minimum absolute atomic E-state index is 0.586. The Balaban J connectivity index is 2.49. The normalized spacial score (nSPS) is 19.6. The summed E-state index contributed by atoms with van der Waals surface area (Å²) in [4.78, 5) is 3.73. The predicted octanol–water partition coefficient (Wildman–Crippen LogP) is -0.420. The van der Waals surface area contributed by atoms with Crippen LogP contribution in [0.25, 0.3) is 0 Å². The molecule has 0 fully saturated rings. The summed E-state index contributed by atoms with van der Waals surface area (Å²) in [5, 5.41) is 2.75. The fourth-order valence-corrected chi connectivity index (χ4v) is 0.337. The average Bonchev–Trinajstić information content (AvgIpc) is 1.69. The Bertz CT molecular complexity index is 106. The molecule has 0 aromatic heterocycles. The van der Waals surface area contributed by atoms with E-state index in [0.717, 1.165) is 0 Å². The van der Waals surface area contributed by atoms with E-state index in [0.29, 0.717) is 6.17 Å². The molecular formula is C4H6N3. The zero-order chi connectivity index (χ0) is 5.11. The van der Waals surface area contributed by atoms with Crippen LogP contribution >= 0.6 is 0 Å². The van der Waals surface area contributed by atoms with Crippen molar-refractivity contribution in [3.63, 3.8) is 0 Å².